The summed E-state index contributed by atoms with van der Waals surface area (Å²) in [5.74, 6) is 1.27. The number of nitrogens with two attached hydrogens (primary N) is 1. The first kappa shape index (κ1) is 11.3. The molecule has 0 saturated carbocycles. The van der Waals surface area contributed by atoms with Crippen molar-refractivity contribution in [2.24, 2.45) is 0 Å². The fraction of sp³-hybridized carbons (Fsp3) is 0.250. The lowest BCUT2D eigenvalue weighted by Crippen LogP contribution is -2.23. The Morgan fingerprint density at radius 1 is 1.12 bits per heavy atom. The van der Waals surface area contributed by atoms with E-state index in [2.05, 4.69) is 27.0 Å². The van der Waals surface area contributed by atoms with E-state index in [1.54, 1.807) is 18.5 Å². The fourth-order valence-electron chi connectivity index (χ4n) is 1.57. The maximum absolute atomic E-state index is 5.52. The number of rotatable bonds is 4. The summed E-state index contributed by atoms with van der Waals surface area (Å²) in [6, 6.07) is 7.63. The van der Waals surface area contributed by atoms with Gasteiger partial charge < -0.3 is 10.6 Å². The minimum Gasteiger partial charge on any atom is -0.382 e. The monoisotopic (exact) mass is 229 g/mol. The van der Waals surface area contributed by atoms with Gasteiger partial charge in [0.25, 0.3) is 0 Å². The Morgan fingerprint density at radius 3 is 2.47 bits per heavy atom. The molecule has 0 aliphatic carbocycles. The summed E-state index contributed by atoms with van der Waals surface area (Å²) in [4.78, 5) is 6.13. The van der Waals surface area contributed by atoms with Gasteiger partial charge in [0.1, 0.15) is 5.82 Å². The highest BCUT2D eigenvalue weighted by Gasteiger charge is 2.06. The first-order valence-electron chi connectivity index (χ1n) is 5.52. The number of nitrogen functional groups attached to an aromatic ring is 1. The van der Waals surface area contributed by atoms with Crippen LogP contribution in [0.5, 0.6) is 0 Å². The van der Waals surface area contributed by atoms with Gasteiger partial charge in [-0.2, -0.15) is 0 Å². The molecule has 0 fully saturated rings. The van der Waals surface area contributed by atoms with E-state index in [0.29, 0.717) is 5.82 Å². The van der Waals surface area contributed by atoms with Crippen LogP contribution >= 0.6 is 0 Å². The van der Waals surface area contributed by atoms with E-state index >= 15 is 0 Å². The molecule has 0 saturated heterocycles. The quantitative estimate of drug-likeness (QED) is 0.860. The van der Waals surface area contributed by atoms with E-state index in [-0.39, 0.29) is 0 Å². The summed E-state index contributed by atoms with van der Waals surface area (Å²) in [6.45, 7) is 3.73. The zero-order chi connectivity index (χ0) is 12.1. The molecule has 5 heteroatoms. The van der Waals surface area contributed by atoms with Gasteiger partial charge in [-0.15, -0.1) is 10.2 Å². The number of aromatic nitrogens is 3. The van der Waals surface area contributed by atoms with Gasteiger partial charge in [-0.25, -0.2) is 0 Å². The van der Waals surface area contributed by atoms with Gasteiger partial charge in [0.05, 0.1) is 0 Å². The Bertz CT molecular complexity index is 454. The molecule has 2 heterocycles. The predicted molar refractivity (Wildman–Crippen MR) is 67.4 cm³/mol. The van der Waals surface area contributed by atoms with Crippen LogP contribution in [0.2, 0.25) is 0 Å². The van der Waals surface area contributed by atoms with Crippen molar-refractivity contribution in [2.45, 2.75) is 13.5 Å². The smallest absolute Gasteiger partial charge is 0.151 e. The van der Waals surface area contributed by atoms with Crippen LogP contribution < -0.4 is 10.6 Å². The Kier molecular flexibility index (Phi) is 3.49. The van der Waals surface area contributed by atoms with Crippen molar-refractivity contribution in [2.75, 3.05) is 17.2 Å². The van der Waals surface area contributed by atoms with Gasteiger partial charge in [-0.1, -0.05) is 0 Å². The zero-order valence-electron chi connectivity index (χ0n) is 9.74. The van der Waals surface area contributed by atoms with Gasteiger partial charge in [0.2, 0.25) is 0 Å². The van der Waals surface area contributed by atoms with Crippen molar-refractivity contribution in [3.05, 3.63) is 42.2 Å². The van der Waals surface area contributed by atoms with E-state index < -0.39 is 0 Å². The van der Waals surface area contributed by atoms with Gasteiger partial charge in [-0.3, -0.25) is 4.98 Å². The summed E-state index contributed by atoms with van der Waals surface area (Å²) in [5.41, 5.74) is 6.72. The van der Waals surface area contributed by atoms with E-state index in [9.17, 15) is 0 Å². The lowest BCUT2D eigenvalue weighted by Gasteiger charge is -2.21. The highest BCUT2D eigenvalue weighted by atomic mass is 15.3. The van der Waals surface area contributed by atoms with Crippen LogP contribution in [-0.2, 0) is 6.54 Å². The molecule has 17 heavy (non-hydrogen) atoms. The fourth-order valence-corrected chi connectivity index (χ4v) is 1.57. The molecule has 88 valence electrons. The van der Waals surface area contributed by atoms with Crippen LogP contribution in [-0.4, -0.2) is 21.7 Å². The third-order valence-electron chi connectivity index (χ3n) is 2.50. The summed E-state index contributed by atoms with van der Waals surface area (Å²) in [6.07, 6.45) is 3.58. The average Bonchev–Trinajstić information content (AvgIpc) is 2.38. The number of hydrogen-bond acceptors (Lipinski definition) is 5. The maximum atomic E-state index is 5.52. The molecule has 5 nitrogen and oxygen atoms in total. The average molecular weight is 229 g/mol. The molecule has 0 aromatic carbocycles. The Labute approximate surface area is 100 Å². The van der Waals surface area contributed by atoms with Crippen LogP contribution in [0.15, 0.2) is 36.7 Å². The van der Waals surface area contributed by atoms with Gasteiger partial charge in [0.15, 0.2) is 5.82 Å². The third-order valence-corrected chi connectivity index (χ3v) is 2.50. The van der Waals surface area contributed by atoms with Crippen LogP contribution in [0, 0.1) is 0 Å². The summed E-state index contributed by atoms with van der Waals surface area (Å²) >= 11 is 0. The zero-order valence-corrected chi connectivity index (χ0v) is 9.74. The SMILES string of the molecule is CCN(Cc1ccncc1)c1ccc(N)nn1. The molecule has 0 unspecified atom stereocenters. The normalized spacial score (nSPS) is 10.2. The highest BCUT2D eigenvalue weighted by Crippen LogP contribution is 2.13. The highest BCUT2D eigenvalue weighted by molar-refractivity contribution is 5.41. The molecular formula is C12H15N5. The van der Waals surface area contributed by atoms with Crippen molar-refractivity contribution >= 4 is 11.6 Å². The van der Waals surface area contributed by atoms with Crippen molar-refractivity contribution in [3.63, 3.8) is 0 Å². The van der Waals surface area contributed by atoms with Crippen LogP contribution in [0.1, 0.15) is 12.5 Å². The summed E-state index contributed by atoms with van der Waals surface area (Å²) in [7, 11) is 0. The van der Waals surface area contributed by atoms with E-state index in [4.69, 9.17) is 5.73 Å². The van der Waals surface area contributed by atoms with E-state index in [0.717, 1.165) is 18.9 Å². The topological polar surface area (TPSA) is 67.9 Å². The molecule has 2 aromatic heterocycles. The van der Waals surface area contributed by atoms with Gasteiger partial charge >= 0.3 is 0 Å². The molecule has 0 amide bonds. The second kappa shape index (κ2) is 5.25. The van der Waals surface area contributed by atoms with Crippen molar-refractivity contribution in [1.82, 2.24) is 15.2 Å². The predicted octanol–water partition coefficient (Wildman–Crippen LogP) is 1.48. The molecule has 0 spiro atoms. The Morgan fingerprint density at radius 2 is 1.88 bits per heavy atom. The maximum Gasteiger partial charge on any atom is 0.151 e. The first-order valence-corrected chi connectivity index (χ1v) is 5.52. The number of anilines is 2. The molecule has 2 aromatic rings. The molecular weight excluding hydrogens is 214 g/mol. The van der Waals surface area contributed by atoms with Gasteiger partial charge in [-0.05, 0) is 36.8 Å². The second-order valence-electron chi connectivity index (χ2n) is 3.69. The molecule has 0 bridgehead atoms. The van der Waals surface area contributed by atoms with Crippen molar-refractivity contribution in [1.29, 1.82) is 0 Å². The molecule has 0 aliphatic rings. The molecule has 0 radical (unpaired) electrons. The lowest BCUT2D eigenvalue weighted by molar-refractivity contribution is 0.796. The molecule has 0 aliphatic heterocycles. The van der Waals surface area contributed by atoms with E-state index in [1.807, 2.05) is 18.2 Å². The minimum atomic E-state index is 0.439. The van der Waals surface area contributed by atoms with Crippen molar-refractivity contribution < 1.29 is 0 Å². The molecule has 2 N–H and O–H groups in total. The second-order valence-corrected chi connectivity index (χ2v) is 3.69. The number of pyridine rings is 1. The summed E-state index contributed by atoms with van der Waals surface area (Å²) in [5, 5.41) is 7.94. The molecule has 2 rings (SSSR count). The van der Waals surface area contributed by atoms with E-state index in [1.165, 1.54) is 5.56 Å². The van der Waals surface area contributed by atoms with Crippen LogP contribution in [0.3, 0.4) is 0 Å². The Hall–Kier alpha value is -2.17. The third kappa shape index (κ3) is 2.90. The Balaban J connectivity index is 2.14. The van der Waals surface area contributed by atoms with Crippen LogP contribution in [0.25, 0.3) is 0 Å². The first-order chi connectivity index (χ1) is 8.29. The largest absolute Gasteiger partial charge is 0.382 e. The van der Waals surface area contributed by atoms with Gasteiger partial charge in [0, 0.05) is 25.5 Å². The molecule has 0 atom stereocenters. The number of hydrogen-bond donors (Lipinski definition) is 1. The lowest BCUT2D eigenvalue weighted by atomic mass is 10.2. The standard InChI is InChI=1S/C12H15N5/c1-2-17(9-10-5-7-14-8-6-10)12-4-3-11(13)15-16-12/h3-8H,2,9H2,1H3,(H2,13,15). The van der Waals surface area contributed by atoms with Crippen molar-refractivity contribution in [3.8, 4) is 0 Å². The number of nitrogens with zero attached hydrogens (tertiary/aromatic N) is 4. The van der Waals surface area contributed by atoms with Crippen LogP contribution in [0.4, 0.5) is 11.6 Å². The minimum absolute atomic E-state index is 0.439. The summed E-state index contributed by atoms with van der Waals surface area (Å²) < 4.78 is 0.